The van der Waals surface area contributed by atoms with E-state index in [2.05, 4.69) is 4.72 Å². The number of hydrogen-bond acceptors (Lipinski definition) is 5. The van der Waals surface area contributed by atoms with Crippen LogP contribution in [0.2, 0.25) is 0 Å². The van der Waals surface area contributed by atoms with E-state index >= 15 is 0 Å². The average molecular weight is 328 g/mol. The van der Waals surface area contributed by atoms with Gasteiger partial charge in [-0.2, -0.15) is 0 Å². The van der Waals surface area contributed by atoms with E-state index in [1.807, 2.05) is 19.9 Å². The number of rotatable bonds is 5. The lowest BCUT2D eigenvalue weighted by atomic mass is 10.1. The van der Waals surface area contributed by atoms with E-state index in [0.717, 1.165) is 26.8 Å². The van der Waals surface area contributed by atoms with Gasteiger partial charge in [-0.1, -0.05) is 0 Å². The van der Waals surface area contributed by atoms with Gasteiger partial charge in [-0.3, -0.25) is 0 Å². The monoisotopic (exact) mass is 328 g/mol. The number of aryl methyl sites for hydroxylation is 3. The number of sulfonamides is 1. The molecule has 0 fully saturated rings. The third-order valence-electron chi connectivity index (χ3n) is 3.29. The van der Waals surface area contributed by atoms with Crippen molar-refractivity contribution in [3.8, 4) is 0 Å². The highest BCUT2D eigenvalue weighted by atomic mass is 32.2. The number of thiophene rings is 1. The summed E-state index contributed by atoms with van der Waals surface area (Å²) in [5, 5.41) is 0. The van der Waals surface area contributed by atoms with Crippen LogP contribution >= 0.6 is 11.3 Å². The first-order valence-electron chi connectivity index (χ1n) is 6.63. The summed E-state index contributed by atoms with van der Waals surface area (Å²) in [6, 6.07) is 3.14. The summed E-state index contributed by atoms with van der Waals surface area (Å²) < 4.78 is 33.2. The van der Waals surface area contributed by atoms with E-state index in [1.165, 1.54) is 11.3 Å². The molecule has 2 heterocycles. The molecule has 1 unspecified atom stereocenters. The average Bonchev–Trinajstić information content (AvgIpc) is 2.91. The Bertz CT molecular complexity index is 744. The first-order valence-corrected chi connectivity index (χ1v) is 8.93. The fourth-order valence-electron chi connectivity index (χ4n) is 2.33. The van der Waals surface area contributed by atoms with Gasteiger partial charge < -0.3 is 10.2 Å². The molecule has 0 saturated carbocycles. The molecule has 0 bridgehead atoms. The lowest BCUT2D eigenvalue weighted by molar-refractivity contribution is 0.496. The Labute approximate surface area is 129 Å². The summed E-state index contributed by atoms with van der Waals surface area (Å²) in [4.78, 5) is 1.91. The molecule has 0 spiro atoms. The molecule has 7 heteroatoms. The summed E-state index contributed by atoms with van der Waals surface area (Å²) in [6.45, 7) is 7.61. The van der Waals surface area contributed by atoms with E-state index in [0.29, 0.717) is 11.4 Å². The van der Waals surface area contributed by atoms with Gasteiger partial charge in [0.05, 0.1) is 4.90 Å². The van der Waals surface area contributed by atoms with E-state index in [9.17, 15) is 8.42 Å². The largest absolute Gasteiger partial charge is 0.466 e. The van der Waals surface area contributed by atoms with Crippen molar-refractivity contribution in [3.63, 3.8) is 0 Å². The van der Waals surface area contributed by atoms with E-state index in [-0.39, 0.29) is 6.04 Å². The molecule has 21 heavy (non-hydrogen) atoms. The normalized spacial score (nSPS) is 13.6. The molecule has 0 aliphatic heterocycles. The summed E-state index contributed by atoms with van der Waals surface area (Å²) in [5.74, 6) is 1.50. The smallest absolute Gasteiger partial charge is 0.242 e. The molecule has 0 saturated heterocycles. The van der Waals surface area contributed by atoms with Crippen molar-refractivity contribution in [2.45, 2.75) is 45.2 Å². The van der Waals surface area contributed by atoms with Gasteiger partial charge in [0.1, 0.15) is 11.5 Å². The maximum atomic E-state index is 12.5. The van der Waals surface area contributed by atoms with Gasteiger partial charge in [-0.05, 0) is 39.8 Å². The molecule has 0 radical (unpaired) electrons. The summed E-state index contributed by atoms with van der Waals surface area (Å²) >= 11 is 1.41. The lowest BCUT2D eigenvalue weighted by Gasteiger charge is -2.13. The quantitative estimate of drug-likeness (QED) is 0.884. The highest BCUT2D eigenvalue weighted by molar-refractivity contribution is 7.89. The van der Waals surface area contributed by atoms with Crippen molar-refractivity contribution in [1.82, 2.24) is 4.72 Å². The molecule has 5 nitrogen and oxygen atoms in total. The molecule has 1 atom stereocenters. The van der Waals surface area contributed by atoms with Crippen LogP contribution in [-0.2, 0) is 16.6 Å². The van der Waals surface area contributed by atoms with Crippen LogP contribution in [0.4, 0.5) is 0 Å². The SMILES string of the molecule is Cc1cc(C(C)NS(=O)(=O)c2cc(CN)sc2C)c(C)o1. The zero-order valence-corrected chi connectivity index (χ0v) is 14.2. The van der Waals surface area contributed by atoms with Gasteiger partial charge in [0.2, 0.25) is 10.0 Å². The van der Waals surface area contributed by atoms with Crippen LogP contribution in [0.25, 0.3) is 0 Å². The topological polar surface area (TPSA) is 85.3 Å². The molecule has 0 aromatic carbocycles. The minimum atomic E-state index is -3.57. The predicted molar refractivity (Wildman–Crippen MR) is 83.9 cm³/mol. The van der Waals surface area contributed by atoms with Crippen LogP contribution in [0.3, 0.4) is 0 Å². The summed E-state index contributed by atoms with van der Waals surface area (Å²) in [5.41, 5.74) is 6.42. The molecular formula is C14H20N2O3S2. The maximum Gasteiger partial charge on any atom is 0.242 e. The predicted octanol–water partition coefficient (Wildman–Crippen LogP) is 2.76. The fourth-order valence-corrected chi connectivity index (χ4v) is 5.07. The van der Waals surface area contributed by atoms with Crippen LogP contribution in [0.15, 0.2) is 21.4 Å². The van der Waals surface area contributed by atoms with Crippen LogP contribution in [0.5, 0.6) is 0 Å². The minimum absolute atomic E-state index is 0.303. The Hall–Kier alpha value is -1.15. The van der Waals surface area contributed by atoms with Crippen LogP contribution in [-0.4, -0.2) is 8.42 Å². The Balaban J connectivity index is 2.28. The minimum Gasteiger partial charge on any atom is -0.466 e. The van der Waals surface area contributed by atoms with Gasteiger partial charge in [0, 0.05) is 27.9 Å². The second-order valence-electron chi connectivity index (χ2n) is 5.05. The summed E-state index contributed by atoms with van der Waals surface area (Å²) in [7, 11) is -3.57. The van der Waals surface area contributed by atoms with Crippen molar-refractivity contribution in [2.24, 2.45) is 5.73 Å². The van der Waals surface area contributed by atoms with Crippen molar-refractivity contribution >= 4 is 21.4 Å². The molecule has 0 amide bonds. The zero-order chi connectivity index (χ0) is 15.8. The third-order valence-corrected chi connectivity index (χ3v) is 6.16. The molecule has 2 rings (SSSR count). The fraction of sp³-hybridized carbons (Fsp3) is 0.429. The molecule has 116 valence electrons. The molecule has 3 N–H and O–H groups in total. The van der Waals surface area contributed by atoms with Gasteiger partial charge in [0.15, 0.2) is 0 Å². The Morgan fingerprint density at radius 1 is 1.33 bits per heavy atom. The van der Waals surface area contributed by atoms with Gasteiger partial charge in [0.25, 0.3) is 0 Å². The molecule has 2 aromatic heterocycles. The van der Waals surface area contributed by atoms with E-state index in [1.54, 1.807) is 19.9 Å². The standard InChI is InChI=1S/C14H20N2O3S2/c1-8-5-13(10(3)19-8)9(2)16-21(17,18)14-6-12(7-15)20-11(14)4/h5-6,9,16H,7,15H2,1-4H3. The molecule has 0 aliphatic carbocycles. The Kier molecular flexibility index (Phi) is 4.57. The van der Waals surface area contributed by atoms with Crippen molar-refractivity contribution in [1.29, 1.82) is 0 Å². The van der Waals surface area contributed by atoms with Crippen molar-refractivity contribution in [2.75, 3.05) is 0 Å². The highest BCUT2D eigenvalue weighted by Crippen LogP contribution is 2.28. The van der Waals surface area contributed by atoms with E-state index < -0.39 is 10.0 Å². The second-order valence-corrected chi connectivity index (χ2v) is 8.07. The highest BCUT2D eigenvalue weighted by Gasteiger charge is 2.24. The van der Waals surface area contributed by atoms with Gasteiger partial charge in [-0.15, -0.1) is 11.3 Å². The second kappa shape index (κ2) is 5.92. The molecular weight excluding hydrogens is 308 g/mol. The lowest BCUT2D eigenvalue weighted by Crippen LogP contribution is -2.27. The number of hydrogen-bond donors (Lipinski definition) is 2. The number of nitrogens with one attached hydrogen (secondary N) is 1. The van der Waals surface area contributed by atoms with Gasteiger partial charge >= 0.3 is 0 Å². The first-order chi connectivity index (χ1) is 9.74. The number of furan rings is 1. The maximum absolute atomic E-state index is 12.5. The van der Waals surface area contributed by atoms with Crippen LogP contribution in [0.1, 0.15) is 39.8 Å². The third kappa shape index (κ3) is 3.37. The Morgan fingerprint density at radius 3 is 2.48 bits per heavy atom. The van der Waals surface area contributed by atoms with Crippen LogP contribution < -0.4 is 10.5 Å². The van der Waals surface area contributed by atoms with E-state index in [4.69, 9.17) is 10.2 Å². The van der Waals surface area contributed by atoms with Crippen LogP contribution in [0, 0.1) is 20.8 Å². The van der Waals surface area contributed by atoms with Gasteiger partial charge in [-0.25, -0.2) is 13.1 Å². The first kappa shape index (κ1) is 16.2. The van der Waals surface area contributed by atoms with Crippen molar-refractivity contribution in [3.05, 3.63) is 39.0 Å². The Morgan fingerprint density at radius 2 is 2.00 bits per heavy atom. The van der Waals surface area contributed by atoms with Crippen molar-refractivity contribution < 1.29 is 12.8 Å². The number of nitrogens with two attached hydrogens (primary N) is 1. The summed E-state index contributed by atoms with van der Waals surface area (Å²) in [6.07, 6.45) is 0. The molecule has 2 aromatic rings. The molecule has 0 aliphatic rings. The zero-order valence-electron chi connectivity index (χ0n) is 12.6.